The molecule has 0 saturated carbocycles. The quantitative estimate of drug-likeness (QED) is 0.925. The maximum Gasteiger partial charge on any atom is 0.441 e. The van der Waals surface area contributed by atoms with E-state index in [4.69, 9.17) is 10.5 Å². The summed E-state index contributed by atoms with van der Waals surface area (Å²) in [6, 6.07) is 7.60. The lowest BCUT2D eigenvalue weighted by Crippen LogP contribution is -2.41. The van der Waals surface area contributed by atoms with Crippen molar-refractivity contribution in [1.29, 1.82) is 0 Å². The molecule has 1 unspecified atom stereocenters. The van der Waals surface area contributed by atoms with Gasteiger partial charge in [0, 0.05) is 17.7 Å². The largest absolute Gasteiger partial charge is 0.493 e. The van der Waals surface area contributed by atoms with Crippen LogP contribution in [0.5, 0.6) is 5.75 Å². The van der Waals surface area contributed by atoms with Gasteiger partial charge in [-0.3, -0.25) is 0 Å². The molecular formula is C13H16F3NOS. The minimum absolute atomic E-state index is 0.0113. The van der Waals surface area contributed by atoms with Crippen LogP contribution >= 0.6 is 11.8 Å². The van der Waals surface area contributed by atoms with Crippen LogP contribution in [-0.4, -0.2) is 24.4 Å². The van der Waals surface area contributed by atoms with E-state index >= 15 is 0 Å². The second-order valence-electron chi connectivity index (χ2n) is 4.82. The molecular weight excluding hydrogens is 275 g/mol. The van der Waals surface area contributed by atoms with Crippen molar-refractivity contribution in [3.05, 3.63) is 29.8 Å². The molecule has 0 saturated heterocycles. The summed E-state index contributed by atoms with van der Waals surface area (Å²) in [5.41, 5.74) is 2.24. The molecule has 19 heavy (non-hydrogen) atoms. The zero-order valence-electron chi connectivity index (χ0n) is 10.4. The molecule has 0 bridgehead atoms. The standard InChI is InChI=1S/C13H16F3NOS/c14-13(15,16)19-6-5-12(8-17)7-10-3-1-2-4-11(10)18-9-12/h1-4H,5-9,17H2. The van der Waals surface area contributed by atoms with Crippen LogP contribution in [0.4, 0.5) is 13.2 Å². The zero-order valence-corrected chi connectivity index (χ0v) is 11.2. The monoisotopic (exact) mass is 291 g/mol. The fraction of sp³-hybridized carbons (Fsp3) is 0.538. The Hall–Kier alpha value is -0.880. The minimum atomic E-state index is -4.18. The highest BCUT2D eigenvalue weighted by Gasteiger charge is 2.36. The summed E-state index contributed by atoms with van der Waals surface area (Å²) in [4.78, 5) is 0. The maximum absolute atomic E-state index is 12.2. The highest BCUT2D eigenvalue weighted by molar-refractivity contribution is 8.00. The van der Waals surface area contributed by atoms with Crippen LogP contribution in [0, 0.1) is 5.41 Å². The van der Waals surface area contributed by atoms with E-state index < -0.39 is 5.51 Å². The van der Waals surface area contributed by atoms with Crippen LogP contribution < -0.4 is 10.5 Å². The third-order valence-corrected chi connectivity index (χ3v) is 4.14. The first-order valence-electron chi connectivity index (χ1n) is 6.06. The molecule has 1 aromatic rings. The molecule has 1 atom stereocenters. The highest BCUT2D eigenvalue weighted by atomic mass is 32.2. The average molecular weight is 291 g/mol. The van der Waals surface area contributed by atoms with Crippen molar-refractivity contribution in [2.24, 2.45) is 11.1 Å². The van der Waals surface area contributed by atoms with Gasteiger partial charge in [-0.2, -0.15) is 13.2 Å². The lowest BCUT2D eigenvalue weighted by Gasteiger charge is -2.37. The molecule has 6 heteroatoms. The number of rotatable bonds is 4. The first kappa shape index (κ1) is 14.5. The molecule has 0 aliphatic carbocycles. The third kappa shape index (κ3) is 3.79. The second kappa shape index (κ2) is 5.63. The summed E-state index contributed by atoms with van der Waals surface area (Å²) in [5, 5.41) is 0. The van der Waals surface area contributed by atoms with E-state index in [1.165, 1.54) is 0 Å². The van der Waals surface area contributed by atoms with Crippen molar-refractivity contribution in [1.82, 2.24) is 0 Å². The molecule has 0 aromatic heterocycles. The Morgan fingerprint density at radius 2 is 2.05 bits per heavy atom. The molecule has 1 aliphatic rings. The number of para-hydroxylation sites is 1. The number of ether oxygens (including phenoxy) is 1. The SMILES string of the molecule is NCC1(CCSC(F)(F)F)COc2ccccc2C1. The van der Waals surface area contributed by atoms with Gasteiger partial charge >= 0.3 is 5.51 Å². The van der Waals surface area contributed by atoms with Gasteiger partial charge in [-0.05, 0) is 24.5 Å². The molecule has 0 amide bonds. The molecule has 1 heterocycles. The van der Waals surface area contributed by atoms with Crippen LogP contribution in [0.2, 0.25) is 0 Å². The Morgan fingerprint density at radius 1 is 1.32 bits per heavy atom. The number of alkyl halides is 3. The zero-order chi connectivity index (χ0) is 13.9. The van der Waals surface area contributed by atoms with Gasteiger partial charge in [-0.25, -0.2) is 0 Å². The summed E-state index contributed by atoms with van der Waals surface area (Å²) in [7, 11) is 0. The third-order valence-electron chi connectivity index (χ3n) is 3.40. The number of hydrogen-bond donors (Lipinski definition) is 1. The Kier molecular flexibility index (Phi) is 4.30. The van der Waals surface area contributed by atoms with Gasteiger partial charge in [0.1, 0.15) is 5.75 Å². The van der Waals surface area contributed by atoms with Crippen molar-refractivity contribution in [2.45, 2.75) is 18.3 Å². The number of hydrogen-bond acceptors (Lipinski definition) is 3. The predicted octanol–water partition coefficient (Wildman–Crippen LogP) is 3.21. The summed E-state index contributed by atoms with van der Waals surface area (Å²) in [6.45, 7) is 0.721. The van der Waals surface area contributed by atoms with Crippen molar-refractivity contribution < 1.29 is 17.9 Å². The van der Waals surface area contributed by atoms with Gasteiger partial charge in [0.05, 0.1) is 6.61 Å². The van der Waals surface area contributed by atoms with Crippen LogP contribution in [-0.2, 0) is 6.42 Å². The molecule has 106 valence electrons. The number of fused-ring (bicyclic) bond motifs is 1. The lowest BCUT2D eigenvalue weighted by molar-refractivity contribution is -0.0330. The molecule has 0 radical (unpaired) electrons. The Balaban J connectivity index is 2.01. The van der Waals surface area contributed by atoms with E-state index in [1.54, 1.807) is 0 Å². The Morgan fingerprint density at radius 3 is 2.74 bits per heavy atom. The predicted molar refractivity (Wildman–Crippen MR) is 70.3 cm³/mol. The lowest BCUT2D eigenvalue weighted by atomic mass is 9.78. The summed E-state index contributed by atoms with van der Waals surface area (Å²) >= 11 is 0.0113. The molecule has 0 spiro atoms. The first-order valence-corrected chi connectivity index (χ1v) is 7.04. The van der Waals surface area contributed by atoms with E-state index in [2.05, 4.69) is 0 Å². The fourth-order valence-corrected chi connectivity index (χ4v) is 3.02. The number of thioether (sulfide) groups is 1. The summed E-state index contributed by atoms with van der Waals surface area (Å²) in [6.07, 6.45) is 1.08. The Labute approximate surface area is 114 Å². The summed E-state index contributed by atoms with van der Waals surface area (Å²) < 4.78 is 42.2. The van der Waals surface area contributed by atoms with Crippen molar-refractivity contribution in [3.63, 3.8) is 0 Å². The van der Waals surface area contributed by atoms with Crippen LogP contribution in [0.15, 0.2) is 24.3 Å². The van der Waals surface area contributed by atoms with E-state index in [9.17, 15) is 13.2 Å². The Bertz CT molecular complexity index is 438. The van der Waals surface area contributed by atoms with E-state index in [1.807, 2.05) is 24.3 Å². The normalized spacial score (nSPS) is 22.7. The van der Waals surface area contributed by atoms with Crippen LogP contribution in [0.3, 0.4) is 0 Å². The molecule has 2 rings (SSSR count). The van der Waals surface area contributed by atoms with Gasteiger partial charge < -0.3 is 10.5 Å². The van der Waals surface area contributed by atoms with Gasteiger partial charge in [-0.1, -0.05) is 30.0 Å². The fourth-order valence-electron chi connectivity index (χ4n) is 2.25. The van der Waals surface area contributed by atoms with E-state index in [0.717, 1.165) is 11.3 Å². The molecule has 2 nitrogen and oxygen atoms in total. The maximum atomic E-state index is 12.2. The molecule has 2 N–H and O–H groups in total. The molecule has 1 aromatic carbocycles. The van der Waals surface area contributed by atoms with Gasteiger partial charge in [0.15, 0.2) is 0 Å². The second-order valence-corrected chi connectivity index (χ2v) is 5.98. The highest BCUT2D eigenvalue weighted by Crippen LogP contribution is 2.39. The van der Waals surface area contributed by atoms with Crippen LogP contribution in [0.1, 0.15) is 12.0 Å². The smallest absolute Gasteiger partial charge is 0.441 e. The van der Waals surface area contributed by atoms with E-state index in [0.29, 0.717) is 26.0 Å². The summed E-state index contributed by atoms with van der Waals surface area (Å²) in [5.74, 6) is 0.835. The van der Waals surface area contributed by atoms with Crippen molar-refractivity contribution in [3.8, 4) is 5.75 Å². The molecule has 0 fully saturated rings. The average Bonchev–Trinajstić information content (AvgIpc) is 2.37. The number of halogens is 3. The first-order chi connectivity index (χ1) is 8.94. The number of benzene rings is 1. The van der Waals surface area contributed by atoms with Crippen molar-refractivity contribution in [2.75, 3.05) is 18.9 Å². The van der Waals surface area contributed by atoms with Gasteiger partial charge in [-0.15, -0.1) is 0 Å². The minimum Gasteiger partial charge on any atom is -0.493 e. The molecule has 1 aliphatic heterocycles. The van der Waals surface area contributed by atoms with Crippen molar-refractivity contribution >= 4 is 11.8 Å². The van der Waals surface area contributed by atoms with Crippen LogP contribution in [0.25, 0.3) is 0 Å². The van der Waals surface area contributed by atoms with Gasteiger partial charge in [0.25, 0.3) is 0 Å². The van der Waals surface area contributed by atoms with E-state index in [-0.39, 0.29) is 22.9 Å². The van der Waals surface area contributed by atoms with Gasteiger partial charge in [0.2, 0.25) is 0 Å². The number of nitrogens with two attached hydrogens (primary N) is 1. The topological polar surface area (TPSA) is 35.2 Å².